The first-order chi connectivity index (χ1) is 10.4. The molecule has 0 spiro atoms. The number of halogens is 5. The zero-order valence-corrected chi connectivity index (χ0v) is 11.5. The summed E-state index contributed by atoms with van der Waals surface area (Å²) in [6, 6.07) is 6.60. The lowest BCUT2D eigenvalue weighted by atomic mass is 10.1. The summed E-state index contributed by atoms with van der Waals surface area (Å²) in [6.45, 7) is 1.81. The molecule has 0 N–H and O–H groups in total. The third-order valence-corrected chi connectivity index (χ3v) is 2.95. The lowest BCUT2D eigenvalue weighted by Crippen LogP contribution is -1.94. The molecule has 2 rings (SSSR count). The van der Waals surface area contributed by atoms with Gasteiger partial charge >= 0.3 is 0 Å². The highest BCUT2D eigenvalue weighted by atomic mass is 19.2. The minimum atomic E-state index is -1.73. The van der Waals surface area contributed by atoms with E-state index in [-0.39, 0.29) is 5.56 Å². The minimum absolute atomic E-state index is 0.0871. The van der Waals surface area contributed by atoms with Crippen molar-refractivity contribution in [2.75, 3.05) is 0 Å². The molecule has 22 heavy (non-hydrogen) atoms. The van der Waals surface area contributed by atoms with Crippen molar-refractivity contribution < 1.29 is 22.0 Å². The Bertz CT molecular complexity index is 719. The zero-order chi connectivity index (χ0) is 16.3. The van der Waals surface area contributed by atoms with Gasteiger partial charge in [0, 0.05) is 11.1 Å². The lowest BCUT2D eigenvalue weighted by Gasteiger charge is -2.04. The van der Waals surface area contributed by atoms with Crippen LogP contribution in [0.25, 0.3) is 17.7 Å². The third-order valence-electron chi connectivity index (χ3n) is 2.95. The SMILES string of the molecule is C/C=C/c1ccc(C(F)=C(F)c2cc(F)c(F)c(F)c2)cc1. The summed E-state index contributed by atoms with van der Waals surface area (Å²) in [4.78, 5) is 0. The van der Waals surface area contributed by atoms with Gasteiger partial charge in [0.1, 0.15) is 0 Å². The quantitative estimate of drug-likeness (QED) is 0.376. The van der Waals surface area contributed by atoms with E-state index in [1.165, 1.54) is 12.1 Å². The van der Waals surface area contributed by atoms with Crippen molar-refractivity contribution in [3.05, 3.63) is 76.6 Å². The molecule has 0 saturated heterocycles. The largest absolute Gasteiger partial charge is 0.204 e. The molecule has 0 nitrogen and oxygen atoms in total. The maximum absolute atomic E-state index is 14.0. The summed E-state index contributed by atoms with van der Waals surface area (Å²) < 4.78 is 67.0. The van der Waals surface area contributed by atoms with E-state index in [0.717, 1.165) is 5.56 Å². The predicted molar refractivity (Wildman–Crippen MR) is 76.5 cm³/mol. The van der Waals surface area contributed by atoms with Gasteiger partial charge < -0.3 is 0 Å². The Kier molecular flexibility index (Phi) is 4.75. The standard InChI is InChI=1S/C17H11F5/c1-2-3-10-4-6-11(7-5-10)15(20)16(21)12-8-13(18)17(22)14(19)9-12/h2-9H,1H3/b3-2+,16-15?. The average Bonchev–Trinajstić information content (AvgIpc) is 2.51. The second-order valence-electron chi connectivity index (χ2n) is 4.50. The van der Waals surface area contributed by atoms with Crippen molar-refractivity contribution in [2.24, 2.45) is 0 Å². The van der Waals surface area contributed by atoms with E-state index in [4.69, 9.17) is 0 Å². The van der Waals surface area contributed by atoms with Crippen LogP contribution in [0.4, 0.5) is 22.0 Å². The minimum Gasteiger partial charge on any atom is -0.204 e. The summed E-state index contributed by atoms with van der Waals surface area (Å²) in [6.07, 6.45) is 3.55. The molecule has 0 heterocycles. The molecular formula is C17H11F5. The van der Waals surface area contributed by atoms with E-state index in [2.05, 4.69) is 0 Å². The molecular weight excluding hydrogens is 299 g/mol. The van der Waals surface area contributed by atoms with Crippen LogP contribution in [0.5, 0.6) is 0 Å². The zero-order valence-electron chi connectivity index (χ0n) is 11.5. The van der Waals surface area contributed by atoms with Crippen LogP contribution in [0, 0.1) is 17.5 Å². The first-order valence-electron chi connectivity index (χ1n) is 6.37. The van der Waals surface area contributed by atoms with Crippen molar-refractivity contribution in [1.82, 2.24) is 0 Å². The Labute approximate surface area is 124 Å². The van der Waals surface area contributed by atoms with E-state index in [0.29, 0.717) is 12.1 Å². The molecule has 0 unspecified atom stereocenters. The van der Waals surface area contributed by atoms with Crippen LogP contribution in [0.2, 0.25) is 0 Å². The predicted octanol–water partition coefficient (Wildman–Crippen LogP) is 5.90. The molecule has 114 valence electrons. The number of rotatable bonds is 3. The summed E-state index contributed by atoms with van der Waals surface area (Å²) in [5, 5.41) is 0. The van der Waals surface area contributed by atoms with Crippen LogP contribution in [-0.2, 0) is 0 Å². The Balaban J connectivity index is 2.44. The van der Waals surface area contributed by atoms with Crippen molar-refractivity contribution in [1.29, 1.82) is 0 Å². The van der Waals surface area contributed by atoms with Gasteiger partial charge in [0.2, 0.25) is 0 Å². The number of allylic oxidation sites excluding steroid dienone is 1. The molecule has 0 aromatic heterocycles. The maximum Gasteiger partial charge on any atom is 0.194 e. The molecule has 0 aliphatic carbocycles. The monoisotopic (exact) mass is 310 g/mol. The van der Waals surface area contributed by atoms with Gasteiger partial charge in [0.15, 0.2) is 29.1 Å². The van der Waals surface area contributed by atoms with Crippen LogP contribution in [0.3, 0.4) is 0 Å². The van der Waals surface area contributed by atoms with Gasteiger partial charge in [-0.1, -0.05) is 36.4 Å². The number of benzene rings is 2. The van der Waals surface area contributed by atoms with E-state index < -0.39 is 34.7 Å². The molecule has 2 aromatic rings. The second kappa shape index (κ2) is 6.56. The molecule has 0 aliphatic heterocycles. The molecule has 0 fully saturated rings. The molecule has 2 aromatic carbocycles. The fraction of sp³-hybridized carbons (Fsp3) is 0.0588. The molecule has 0 atom stereocenters. The van der Waals surface area contributed by atoms with E-state index >= 15 is 0 Å². The average molecular weight is 310 g/mol. The van der Waals surface area contributed by atoms with Gasteiger partial charge in [-0.25, -0.2) is 22.0 Å². The van der Waals surface area contributed by atoms with Crippen molar-refractivity contribution in [2.45, 2.75) is 6.92 Å². The van der Waals surface area contributed by atoms with Gasteiger partial charge in [0.05, 0.1) is 0 Å². The third kappa shape index (κ3) is 3.24. The molecule has 5 heteroatoms. The highest BCUT2D eigenvalue weighted by Crippen LogP contribution is 2.30. The molecule has 0 saturated carbocycles. The van der Waals surface area contributed by atoms with Crippen molar-refractivity contribution in [3.63, 3.8) is 0 Å². The second-order valence-corrected chi connectivity index (χ2v) is 4.50. The Morgan fingerprint density at radius 1 is 0.818 bits per heavy atom. The van der Waals surface area contributed by atoms with Gasteiger partial charge in [-0.05, 0) is 24.6 Å². The molecule has 0 radical (unpaired) electrons. The summed E-state index contributed by atoms with van der Waals surface area (Å²) >= 11 is 0. The Morgan fingerprint density at radius 3 is 1.82 bits per heavy atom. The Hall–Kier alpha value is -2.43. The molecule has 0 amide bonds. The summed E-state index contributed by atoms with van der Waals surface area (Å²) in [5.41, 5.74) is 0.000606. The van der Waals surface area contributed by atoms with Crippen molar-refractivity contribution in [3.8, 4) is 0 Å². The van der Waals surface area contributed by atoms with E-state index in [9.17, 15) is 22.0 Å². The molecule has 0 bridgehead atoms. The smallest absolute Gasteiger partial charge is 0.194 e. The van der Waals surface area contributed by atoms with E-state index in [1.54, 1.807) is 24.3 Å². The van der Waals surface area contributed by atoms with Gasteiger partial charge in [-0.3, -0.25) is 0 Å². The van der Waals surface area contributed by atoms with Crippen molar-refractivity contribution >= 4 is 17.7 Å². The van der Waals surface area contributed by atoms with Gasteiger partial charge in [0.25, 0.3) is 0 Å². The normalized spacial score (nSPS) is 12.6. The maximum atomic E-state index is 14.0. The fourth-order valence-electron chi connectivity index (χ4n) is 1.87. The van der Waals surface area contributed by atoms with Crippen LogP contribution in [-0.4, -0.2) is 0 Å². The van der Waals surface area contributed by atoms with E-state index in [1.807, 2.05) is 6.92 Å². The molecule has 0 aliphatic rings. The van der Waals surface area contributed by atoms with Crippen LogP contribution in [0.1, 0.15) is 23.6 Å². The fourth-order valence-corrected chi connectivity index (χ4v) is 1.87. The van der Waals surface area contributed by atoms with Crippen LogP contribution in [0.15, 0.2) is 42.5 Å². The van der Waals surface area contributed by atoms with Gasteiger partial charge in [-0.2, -0.15) is 0 Å². The van der Waals surface area contributed by atoms with Gasteiger partial charge in [-0.15, -0.1) is 0 Å². The van der Waals surface area contributed by atoms with Crippen LogP contribution < -0.4 is 0 Å². The highest BCUT2D eigenvalue weighted by Gasteiger charge is 2.17. The Morgan fingerprint density at radius 2 is 1.32 bits per heavy atom. The number of hydrogen-bond donors (Lipinski definition) is 0. The first-order valence-corrected chi connectivity index (χ1v) is 6.37. The topological polar surface area (TPSA) is 0 Å². The summed E-state index contributed by atoms with van der Waals surface area (Å²) in [5.74, 6) is -7.63. The van der Waals surface area contributed by atoms with Crippen LogP contribution >= 0.6 is 0 Å². The first kappa shape index (κ1) is 15.9. The highest BCUT2D eigenvalue weighted by molar-refractivity contribution is 5.83. The summed E-state index contributed by atoms with van der Waals surface area (Å²) in [7, 11) is 0. The number of hydrogen-bond acceptors (Lipinski definition) is 0. The lowest BCUT2D eigenvalue weighted by molar-refractivity contribution is 0.446.